The number of fused-ring (bicyclic) bond motifs is 2. The zero-order chi connectivity index (χ0) is 36.9. The first-order valence-electron chi connectivity index (χ1n) is 18.8. The second-order valence-electron chi connectivity index (χ2n) is 13.9. The van der Waals surface area contributed by atoms with Crippen LogP contribution in [0.3, 0.4) is 0 Å². The maximum Gasteiger partial charge on any atom is 0.0468 e. The maximum absolute atomic E-state index is 3.85. The van der Waals surface area contributed by atoms with Gasteiger partial charge < -0.3 is 9.80 Å². The number of para-hydroxylation sites is 2. The highest BCUT2D eigenvalue weighted by atomic mass is 15.1. The minimum atomic E-state index is 0.976. The smallest absolute Gasteiger partial charge is 0.0468 e. The number of hydrogen-bond donors (Lipinski definition) is 0. The Kier molecular flexibility index (Phi) is 9.91. The molecule has 2 nitrogen and oxygen atoms in total. The maximum atomic E-state index is 3.85. The fraction of sp³-hybridized carbons (Fsp3) is 0.0769. The first-order chi connectivity index (χ1) is 26.6. The van der Waals surface area contributed by atoms with Crippen LogP contribution in [-0.4, -0.2) is 0 Å². The molecule has 7 aromatic carbocycles. The summed E-state index contributed by atoms with van der Waals surface area (Å²) in [6.07, 6.45) is 18.7. The van der Waals surface area contributed by atoms with Gasteiger partial charge in [0.05, 0.1) is 0 Å². The van der Waals surface area contributed by atoms with Gasteiger partial charge in [0.2, 0.25) is 0 Å². The summed E-state index contributed by atoms with van der Waals surface area (Å²) in [7, 11) is 0. The Hall–Kier alpha value is -6.64. The summed E-state index contributed by atoms with van der Waals surface area (Å²) in [5.74, 6) is 0. The SMILES string of the molecule is C=C/C=C\C=C\N(C1=CC=CCC1)c1ccc2c(-c3ccc(C)cc3)c3cc(N(c4ccccc4)c4ccccc4)ccc3c(-c3ccc(C)cc3)c2c1. The summed E-state index contributed by atoms with van der Waals surface area (Å²) in [4.78, 5) is 4.69. The topological polar surface area (TPSA) is 6.48 Å². The molecule has 8 rings (SSSR count). The van der Waals surface area contributed by atoms with Crippen molar-refractivity contribution in [3.8, 4) is 22.3 Å². The molecule has 0 spiro atoms. The van der Waals surface area contributed by atoms with E-state index in [-0.39, 0.29) is 0 Å². The average Bonchev–Trinajstić information content (AvgIpc) is 3.22. The summed E-state index contributed by atoms with van der Waals surface area (Å²) in [5.41, 5.74) is 13.1. The summed E-state index contributed by atoms with van der Waals surface area (Å²) >= 11 is 0. The number of nitrogens with zero attached hydrogens (tertiary/aromatic N) is 2. The van der Waals surface area contributed by atoms with Crippen molar-refractivity contribution in [1.29, 1.82) is 0 Å². The molecule has 54 heavy (non-hydrogen) atoms. The van der Waals surface area contributed by atoms with Gasteiger partial charge in [0.25, 0.3) is 0 Å². The van der Waals surface area contributed by atoms with Crippen LogP contribution in [0.5, 0.6) is 0 Å². The van der Waals surface area contributed by atoms with Crippen LogP contribution in [-0.2, 0) is 0 Å². The summed E-state index contributed by atoms with van der Waals surface area (Å²) in [5, 5.41) is 4.89. The van der Waals surface area contributed by atoms with Crippen molar-refractivity contribution >= 4 is 44.3 Å². The van der Waals surface area contributed by atoms with E-state index in [1.54, 1.807) is 0 Å². The first-order valence-corrected chi connectivity index (χ1v) is 18.8. The number of aryl methyl sites for hydroxylation is 2. The standard InChI is InChI=1S/C52H44N2/c1-4-5-6-16-35-53(42-17-10-7-11-18-42)45-31-33-47-49(36-45)51(40-27-23-38(2)24-28-40)48-34-32-46(37-50(48)52(47)41-29-25-39(3)26-30-41)54(43-19-12-8-13-20-43)44-21-14-9-15-22-44/h4-10,12-17,19-37H,1,11,18H2,2-3H3/b6-5-,35-16+. The third-order valence-corrected chi connectivity index (χ3v) is 10.2. The Morgan fingerprint density at radius 3 is 1.57 bits per heavy atom. The Balaban J connectivity index is 1.45. The molecule has 2 heteroatoms. The molecule has 0 saturated carbocycles. The predicted octanol–water partition coefficient (Wildman–Crippen LogP) is 14.7. The Bertz CT molecular complexity index is 2510. The molecule has 0 unspecified atom stereocenters. The van der Waals surface area contributed by atoms with Crippen LogP contribution in [0.15, 0.2) is 207 Å². The Morgan fingerprint density at radius 1 is 0.519 bits per heavy atom. The van der Waals surface area contributed by atoms with Gasteiger partial charge in [-0.3, -0.25) is 0 Å². The highest BCUT2D eigenvalue weighted by molar-refractivity contribution is 6.22. The number of rotatable bonds is 10. The Labute approximate surface area is 319 Å². The molecule has 262 valence electrons. The molecule has 0 N–H and O–H groups in total. The molecule has 0 fully saturated rings. The summed E-state index contributed by atoms with van der Waals surface area (Å²) < 4.78 is 0. The normalized spacial score (nSPS) is 12.8. The zero-order valence-electron chi connectivity index (χ0n) is 31.0. The van der Waals surface area contributed by atoms with Crippen molar-refractivity contribution in [2.75, 3.05) is 9.80 Å². The van der Waals surface area contributed by atoms with E-state index in [4.69, 9.17) is 0 Å². The lowest BCUT2D eigenvalue weighted by atomic mass is 9.85. The molecule has 1 aliphatic carbocycles. The van der Waals surface area contributed by atoms with Gasteiger partial charge in [0.1, 0.15) is 0 Å². The number of benzene rings is 7. The average molecular weight is 697 g/mol. The minimum absolute atomic E-state index is 0.976. The molecule has 7 aromatic rings. The van der Waals surface area contributed by atoms with Gasteiger partial charge in [-0.25, -0.2) is 0 Å². The quantitative estimate of drug-likeness (QED) is 0.104. The number of hydrogen-bond acceptors (Lipinski definition) is 2. The monoisotopic (exact) mass is 696 g/mol. The molecule has 0 heterocycles. The van der Waals surface area contributed by atoms with Crippen molar-refractivity contribution in [2.24, 2.45) is 0 Å². The van der Waals surface area contributed by atoms with Crippen LogP contribution in [0.1, 0.15) is 24.0 Å². The Morgan fingerprint density at radius 2 is 1.06 bits per heavy atom. The number of allylic oxidation sites excluding steroid dienone is 8. The summed E-state index contributed by atoms with van der Waals surface area (Å²) in [6, 6.07) is 53.4. The van der Waals surface area contributed by atoms with Gasteiger partial charge in [-0.2, -0.15) is 0 Å². The van der Waals surface area contributed by atoms with E-state index in [1.807, 2.05) is 18.2 Å². The van der Waals surface area contributed by atoms with Crippen LogP contribution >= 0.6 is 0 Å². The zero-order valence-corrected chi connectivity index (χ0v) is 31.0. The van der Waals surface area contributed by atoms with E-state index in [1.165, 1.54) is 60.6 Å². The molecule has 0 bridgehead atoms. The molecule has 1 aliphatic rings. The molecular formula is C52H44N2. The van der Waals surface area contributed by atoms with E-state index in [0.717, 1.165) is 35.6 Å². The molecule has 0 amide bonds. The van der Waals surface area contributed by atoms with Crippen molar-refractivity contribution < 1.29 is 0 Å². The predicted molar refractivity (Wildman–Crippen MR) is 234 cm³/mol. The lowest BCUT2D eigenvalue weighted by Gasteiger charge is -2.28. The van der Waals surface area contributed by atoms with Crippen LogP contribution < -0.4 is 9.80 Å². The van der Waals surface area contributed by atoms with Crippen LogP contribution in [0.4, 0.5) is 22.7 Å². The van der Waals surface area contributed by atoms with Crippen molar-refractivity contribution in [2.45, 2.75) is 26.7 Å². The van der Waals surface area contributed by atoms with Gasteiger partial charge >= 0.3 is 0 Å². The molecule has 0 saturated heterocycles. The minimum Gasteiger partial charge on any atom is -0.321 e. The van der Waals surface area contributed by atoms with Gasteiger partial charge in [-0.15, -0.1) is 0 Å². The third kappa shape index (κ3) is 6.95. The highest BCUT2D eigenvalue weighted by Gasteiger charge is 2.21. The van der Waals surface area contributed by atoms with E-state index >= 15 is 0 Å². The molecule has 0 aliphatic heterocycles. The lowest BCUT2D eigenvalue weighted by molar-refractivity contribution is 0.915. The van der Waals surface area contributed by atoms with E-state index in [9.17, 15) is 0 Å². The molecule has 0 atom stereocenters. The number of anilines is 4. The van der Waals surface area contributed by atoms with E-state index in [0.29, 0.717) is 0 Å². The van der Waals surface area contributed by atoms with Gasteiger partial charge in [0, 0.05) is 34.6 Å². The largest absolute Gasteiger partial charge is 0.321 e. The lowest BCUT2D eigenvalue weighted by Crippen LogP contribution is -2.16. The van der Waals surface area contributed by atoms with Crippen molar-refractivity contribution in [3.05, 3.63) is 218 Å². The van der Waals surface area contributed by atoms with Crippen molar-refractivity contribution in [3.63, 3.8) is 0 Å². The van der Waals surface area contributed by atoms with Gasteiger partial charge in [0.15, 0.2) is 0 Å². The fourth-order valence-electron chi connectivity index (χ4n) is 7.57. The first kappa shape index (κ1) is 34.4. The van der Waals surface area contributed by atoms with Crippen LogP contribution in [0.2, 0.25) is 0 Å². The second kappa shape index (κ2) is 15.5. The van der Waals surface area contributed by atoms with Crippen LogP contribution in [0, 0.1) is 13.8 Å². The molecular weight excluding hydrogens is 653 g/mol. The van der Waals surface area contributed by atoms with E-state index < -0.39 is 0 Å². The molecule has 0 radical (unpaired) electrons. The van der Waals surface area contributed by atoms with Gasteiger partial charge in [-0.05, 0) is 131 Å². The molecule has 0 aromatic heterocycles. The fourth-order valence-corrected chi connectivity index (χ4v) is 7.57. The second-order valence-corrected chi connectivity index (χ2v) is 13.9. The summed E-state index contributed by atoms with van der Waals surface area (Å²) in [6.45, 7) is 8.17. The van der Waals surface area contributed by atoms with E-state index in [2.05, 4.69) is 206 Å². The van der Waals surface area contributed by atoms with Crippen molar-refractivity contribution in [1.82, 2.24) is 0 Å². The third-order valence-electron chi connectivity index (χ3n) is 10.2. The van der Waals surface area contributed by atoms with Crippen LogP contribution in [0.25, 0.3) is 43.8 Å². The van der Waals surface area contributed by atoms with Gasteiger partial charge in [-0.1, -0.05) is 145 Å². The highest BCUT2D eigenvalue weighted by Crippen LogP contribution is 2.47.